The average molecular weight is 306 g/mol. The van der Waals surface area contributed by atoms with Gasteiger partial charge in [0.25, 0.3) is 0 Å². The zero-order valence-corrected chi connectivity index (χ0v) is 13.8. The molecule has 0 aliphatic heterocycles. The fourth-order valence-corrected chi connectivity index (χ4v) is 4.10. The Kier molecular flexibility index (Phi) is 6.12. The van der Waals surface area contributed by atoms with Gasteiger partial charge < -0.3 is 11.1 Å². The number of hydrogen-bond donors (Lipinski definition) is 2. The second-order valence-corrected chi connectivity index (χ2v) is 7.44. The summed E-state index contributed by atoms with van der Waals surface area (Å²) in [5.74, 6) is 0.158. The van der Waals surface area contributed by atoms with Crippen molar-refractivity contribution in [2.75, 3.05) is 11.9 Å². The maximum Gasteiger partial charge on any atom is 0.229 e. The van der Waals surface area contributed by atoms with E-state index < -0.39 is 0 Å². The monoisotopic (exact) mass is 306 g/mol. The summed E-state index contributed by atoms with van der Waals surface area (Å²) < 4.78 is 0. The number of carbonyl (C=O) groups excluding carboxylic acids is 1. The Morgan fingerprint density at radius 2 is 2.00 bits per heavy atom. The van der Waals surface area contributed by atoms with Crippen LogP contribution in [-0.2, 0) is 4.79 Å². The normalized spacial score (nSPS) is 17.1. The van der Waals surface area contributed by atoms with Gasteiger partial charge in [-0.25, -0.2) is 0 Å². The third kappa shape index (κ3) is 4.48. The van der Waals surface area contributed by atoms with Crippen LogP contribution in [-0.4, -0.2) is 17.7 Å². The molecule has 21 heavy (non-hydrogen) atoms. The van der Waals surface area contributed by atoms with Gasteiger partial charge in [0, 0.05) is 16.7 Å². The van der Waals surface area contributed by atoms with E-state index >= 15 is 0 Å². The van der Waals surface area contributed by atoms with E-state index in [1.165, 1.54) is 30.6 Å². The van der Waals surface area contributed by atoms with E-state index in [4.69, 9.17) is 5.73 Å². The van der Waals surface area contributed by atoms with Crippen molar-refractivity contribution in [1.82, 2.24) is 0 Å². The largest absolute Gasteiger partial charge is 0.330 e. The number of anilines is 1. The van der Waals surface area contributed by atoms with Crippen molar-refractivity contribution < 1.29 is 4.79 Å². The molecule has 1 saturated carbocycles. The maximum absolute atomic E-state index is 12.4. The quantitative estimate of drug-likeness (QED) is 0.838. The van der Waals surface area contributed by atoms with Crippen LogP contribution in [0.1, 0.15) is 39.5 Å². The predicted octanol–water partition coefficient (Wildman–Crippen LogP) is 3.89. The predicted molar refractivity (Wildman–Crippen MR) is 90.6 cm³/mol. The average Bonchev–Trinajstić information content (AvgIpc) is 2.94. The molecule has 1 amide bonds. The molecular formula is C17H26N2OS. The smallest absolute Gasteiger partial charge is 0.229 e. The van der Waals surface area contributed by atoms with Gasteiger partial charge in [0.05, 0.1) is 11.6 Å². The Hall–Kier alpha value is -1.00. The lowest BCUT2D eigenvalue weighted by Crippen LogP contribution is -2.33. The molecule has 2 rings (SSSR count). The van der Waals surface area contributed by atoms with Crippen LogP contribution < -0.4 is 11.1 Å². The van der Waals surface area contributed by atoms with Crippen molar-refractivity contribution >= 4 is 23.4 Å². The van der Waals surface area contributed by atoms with Gasteiger partial charge >= 0.3 is 0 Å². The SMILES string of the molecule is CC(C)C(CN)C(=O)Nc1ccccc1SC1CCCC1. The molecule has 0 saturated heterocycles. The number of benzene rings is 1. The summed E-state index contributed by atoms with van der Waals surface area (Å²) in [6, 6.07) is 8.10. The summed E-state index contributed by atoms with van der Waals surface area (Å²) in [6.45, 7) is 4.47. The Balaban J connectivity index is 2.06. The molecule has 1 aromatic rings. The summed E-state index contributed by atoms with van der Waals surface area (Å²) in [4.78, 5) is 13.6. The van der Waals surface area contributed by atoms with Crippen LogP contribution in [0, 0.1) is 11.8 Å². The van der Waals surface area contributed by atoms with Gasteiger partial charge in [-0.2, -0.15) is 0 Å². The van der Waals surface area contributed by atoms with Crippen LogP contribution >= 0.6 is 11.8 Å². The van der Waals surface area contributed by atoms with Crippen molar-refractivity contribution in [2.45, 2.75) is 49.7 Å². The first kappa shape index (κ1) is 16.4. The lowest BCUT2D eigenvalue weighted by molar-refractivity contribution is -0.120. The van der Waals surface area contributed by atoms with Crippen LogP contribution in [0.4, 0.5) is 5.69 Å². The van der Waals surface area contributed by atoms with Gasteiger partial charge in [0.2, 0.25) is 5.91 Å². The van der Waals surface area contributed by atoms with Crippen LogP contribution in [0.3, 0.4) is 0 Å². The van der Waals surface area contributed by atoms with Crippen molar-refractivity contribution in [3.05, 3.63) is 24.3 Å². The van der Waals surface area contributed by atoms with Gasteiger partial charge in [0.1, 0.15) is 0 Å². The van der Waals surface area contributed by atoms with Gasteiger partial charge in [-0.15, -0.1) is 11.8 Å². The van der Waals surface area contributed by atoms with Crippen LogP contribution in [0.5, 0.6) is 0 Å². The fourth-order valence-electron chi connectivity index (χ4n) is 2.77. The van der Waals surface area contributed by atoms with E-state index in [1.54, 1.807) is 0 Å². The Morgan fingerprint density at radius 1 is 1.33 bits per heavy atom. The number of carbonyl (C=O) groups is 1. The molecule has 0 radical (unpaired) electrons. The molecule has 0 spiro atoms. The number of hydrogen-bond acceptors (Lipinski definition) is 3. The second kappa shape index (κ2) is 7.85. The molecule has 3 N–H and O–H groups in total. The lowest BCUT2D eigenvalue weighted by Gasteiger charge is -2.20. The summed E-state index contributed by atoms with van der Waals surface area (Å²) in [6.07, 6.45) is 5.22. The first-order chi connectivity index (χ1) is 10.1. The molecular weight excluding hydrogens is 280 g/mol. The number of amides is 1. The number of rotatable bonds is 6. The van der Waals surface area contributed by atoms with Crippen molar-refractivity contribution in [3.63, 3.8) is 0 Å². The molecule has 1 aromatic carbocycles. The standard InChI is InChI=1S/C17H26N2OS/c1-12(2)14(11-18)17(20)19-15-9-5-6-10-16(15)21-13-7-3-4-8-13/h5-6,9-10,12-14H,3-4,7-8,11,18H2,1-2H3,(H,19,20). The first-order valence-corrected chi connectivity index (χ1v) is 8.76. The minimum absolute atomic E-state index is 0.0342. The molecule has 0 bridgehead atoms. The molecule has 1 aliphatic rings. The van der Waals surface area contributed by atoms with E-state index in [-0.39, 0.29) is 17.7 Å². The third-order valence-corrected chi connectivity index (χ3v) is 5.55. The molecule has 0 aromatic heterocycles. The minimum Gasteiger partial charge on any atom is -0.330 e. The Labute approximate surface area is 132 Å². The zero-order valence-electron chi connectivity index (χ0n) is 13.0. The third-order valence-electron chi connectivity index (χ3n) is 4.14. The molecule has 0 heterocycles. The topological polar surface area (TPSA) is 55.1 Å². The molecule has 116 valence electrons. The first-order valence-electron chi connectivity index (χ1n) is 7.88. The van der Waals surface area contributed by atoms with E-state index in [0.717, 1.165) is 5.69 Å². The van der Waals surface area contributed by atoms with Gasteiger partial charge in [-0.3, -0.25) is 4.79 Å². The highest BCUT2D eigenvalue weighted by Gasteiger charge is 2.22. The van der Waals surface area contributed by atoms with Crippen molar-refractivity contribution in [1.29, 1.82) is 0 Å². The molecule has 1 fully saturated rings. The lowest BCUT2D eigenvalue weighted by atomic mass is 9.95. The van der Waals surface area contributed by atoms with Gasteiger partial charge in [-0.05, 0) is 30.9 Å². The summed E-state index contributed by atoms with van der Waals surface area (Å²) in [7, 11) is 0. The Morgan fingerprint density at radius 3 is 2.62 bits per heavy atom. The number of nitrogens with one attached hydrogen (secondary N) is 1. The minimum atomic E-state index is -0.130. The van der Waals surface area contributed by atoms with Crippen LogP contribution in [0.2, 0.25) is 0 Å². The number of thioether (sulfide) groups is 1. The molecule has 1 aliphatic carbocycles. The maximum atomic E-state index is 12.4. The fraction of sp³-hybridized carbons (Fsp3) is 0.588. The van der Waals surface area contributed by atoms with E-state index in [2.05, 4.69) is 11.4 Å². The van der Waals surface area contributed by atoms with Crippen LogP contribution in [0.15, 0.2) is 29.2 Å². The Bertz CT molecular complexity index is 470. The van der Waals surface area contributed by atoms with Crippen molar-refractivity contribution in [3.8, 4) is 0 Å². The molecule has 4 heteroatoms. The summed E-state index contributed by atoms with van der Waals surface area (Å²) >= 11 is 1.90. The van der Waals surface area contributed by atoms with Crippen LogP contribution in [0.25, 0.3) is 0 Å². The summed E-state index contributed by atoms with van der Waals surface area (Å²) in [5, 5.41) is 3.77. The zero-order chi connectivity index (χ0) is 15.2. The highest BCUT2D eigenvalue weighted by atomic mass is 32.2. The second-order valence-electron chi connectivity index (χ2n) is 6.10. The number of para-hydroxylation sites is 1. The van der Waals surface area contributed by atoms with Gasteiger partial charge in [0.15, 0.2) is 0 Å². The molecule has 1 unspecified atom stereocenters. The number of nitrogens with two attached hydrogens (primary N) is 1. The molecule has 1 atom stereocenters. The summed E-state index contributed by atoms with van der Waals surface area (Å²) in [5.41, 5.74) is 6.66. The van der Waals surface area contributed by atoms with Gasteiger partial charge in [-0.1, -0.05) is 38.8 Å². The van der Waals surface area contributed by atoms with E-state index in [9.17, 15) is 4.79 Å². The van der Waals surface area contributed by atoms with E-state index in [1.807, 2.05) is 43.8 Å². The highest BCUT2D eigenvalue weighted by molar-refractivity contribution is 8.00. The van der Waals surface area contributed by atoms with E-state index in [0.29, 0.717) is 11.8 Å². The van der Waals surface area contributed by atoms with Crippen molar-refractivity contribution in [2.24, 2.45) is 17.6 Å². The molecule has 3 nitrogen and oxygen atoms in total. The highest BCUT2D eigenvalue weighted by Crippen LogP contribution is 2.38.